The first-order valence-electron chi connectivity index (χ1n) is 7.38. The molecule has 1 amide bonds. The van der Waals surface area contributed by atoms with Gasteiger partial charge in [0.25, 0.3) is 0 Å². The number of carbonyl (C=O) groups excluding carboxylic acids is 1. The zero-order valence-corrected chi connectivity index (χ0v) is 16.2. The largest absolute Gasteiger partial charge is 0.337 e. The number of benzene rings is 1. The van der Waals surface area contributed by atoms with E-state index in [1.807, 2.05) is 11.8 Å². The van der Waals surface area contributed by atoms with E-state index in [9.17, 15) is 13.2 Å². The molecule has 0 spiro atoms. The smallest absolute Gasteiger partial charge is 0.222 e. The van der Waals surface area contributed by atoms with E-state index >= 15 is 0 Å². The van der Waals surface area contributed by atoms with Crippen LogP contribution >= 0.6 is 28.3 Å². The van der Waals surface area contributed by atoms with Crippen molar-refractivity contribution in [3.05, 3.63) is 28.7 Å². The lowest BCUT2D eigenvalue weighted by atomic mass is 10.2. The van der Waals surface area contributed by atoms with Gasteiger partial charge in [-0.25, -0.2) is 8.42 Å². The topological polar surface area (TPSA) is 66.5 Å². The Morgan fingerprint density at radius 3 is 2.61 bits per heavy atom. The Morgan fingerprint density at radius 2 is 2.00 bits per heavy atom. The number of rotatable bonds is 5. The first kappa shape index (κ1) is 20.4. The summed E-state index contributed by atoms with van der Waals surface area (Å²) in [5.41, 5.74) is 0. The number of amides is 1. The summed E-state index contributed by atoms with van der Waals surface area (Å²) in [6, 6.07) is 6.75. The lowest BCUT2D eigenvalue weighted by molar-refractivity contribution is -0.133. The average molecular weight is 426 g/mol. The van der Waals surface area contributed by atoms with Crippen LogP contribution in [-0.4, -0.2) is 50.7 Å². The van der Waals surface area contributed by atoms with Crippen molar-refractivity contribution >= 4 is 44.1 Å². The maximum Gasteiger partial charge on any atom is 0.222 e. The van der Waals surface area contributed by atoms with Gasteiger partial charge in [0.2, 0.25) is 5.91 Å². The van der Waals surface area contributed by atoms with Gasteiger partial charge in [-0.05, 0) is 37.6 Å². The van der Waals surface area contributed by atoms with Crippen LogP contribution in [0.2, 0.25) is 0 Å². The van der Waals surface area contributed by atoms with Crippen LogP contribution in [0.1, 0.15) is 19.8 Å². The Morgan fingerprint density at radius 1 is 1.35 bits per heavy atom. The summed E-state index contributed by atoms with van der Waals surface area (Å²) in [4.78, 5) is 14.3. The van der Waals surface area contributed by atoms with Gasteiger partial charge in [0.1, 0.15) is 0 Å². The fourth-order valence-corrected chi connectivity index (χ4v) is 4.10. The molecule has 1 fully saturated rings. The molecular formula is C15H22BrClN2O3S. The summed E-state index contributed by atoms with van der Waals surface area (Å²) in [7, 11) is -3.32. The van der Waals surface area contributed by atoms with Gasteiger partial charge in [-0.2, -0.15) is 0 Å². The molecule has 0 radical (unpaired) electrons. The third kappa shape index (κ3) is 5.74. The van der Waals surface area contributed by atoms with Crippen molar-refractivity contribution in [3.63, 3.8) is 0 Å². The number of halogens is 2. The molecule has 1 aliphatic heterocycles. The third-order valence-electron chi connectivity index (χ3n) is 3.80. The van der Waals surface area contributed by atoms with Gasteiger partial charge in [-0.15, -0.1) is 12.4 Å². The van der Waals surface area contributed by atoms with E-state index in [1.165, 1.54) is 0 Å². The van der Waals surface area contributed by atoms with E-state index in [-0.39, 0.29) is 36.5 Å². The Bertz CT molecular complexity index is 622. The van der Waals surface area contributed by atoms with E-state index in [4.69, 9.17) is 0 Å². The minimum absolute atomic E-state index is 0. The molecule has 1 N–H and O–H groups in total. The Kier molecular flexibility index (Phi) is 8.00. The zero-order valence-electron chi connectivity index (χ0n) is 13.0. The summed E-state index contributed by atoms with van der Waals surface area (Å²) in [5.74, 6) is 0.0425. The van der Waals surface area contributed by atoms with Crippen LogP contribution in [0, 0.1) is 0 Å². The molecule has 0 saturated carbocycles. The van der Waals surface area contributed by atoms with Crippen molar-refractivity contribution < 1.29 is 13.2 Å². The average Bonchev–Trinajstić information content (AvgIpc) is 2.48. The highest BCUT2D eigenvalue weighted by Crippen LogP contribution is 2.17. The molecule has 130 valence electrons. The van der Waals surface area contributed by atoms with Crippen LogP contribution in [0.25, 0.3) is 0 Å². The number of hydrogen-bond acceptors (Lipinski definition) is 4. The van der Waals surface area contributed by atoms with Gasteiger partial charge in [-0.3, -0.25) is 4.79 Å². The maximum absolute atomic E-state index is 12.2. The van der Waals surface area contributed by atoms with Crippen molar-refractivity contribution in [2.45, 2.75) is 30.7 Å². The van der Waals surface area contributed by atoms with Crippen molar-refractivity contribution in [1.82, 2.24) is 10.2 Å². The monoisotopic (exact) mass is 424 g/mol. The first-order chi connectivity index (χ1) is 10.4. The number of nitrogens with one attached hydrogen (secondary N) is 1. The lowest BCUT2D eigenvalue weighted by Gasteiger charge is -2.34. The molecule has 23 heavy (non-hydrogen) atoms. The van der Waals surface area contributed by atoms with Crippen molar-refractivity contribution in [2.75, 3.05) is 25.4 Å². The summed E-state index contributed by atoms with van der Waals surface area (Å²) in [5, 5.41) is 3.23. The predicted molar refractivity (Wildman–Crippen MR) is 96.7 cm³/mol. The highest BCUT2D eigenvalue weighted by atomic mass is 79.9. The summed E-state index contributed by atoms with van der Waals surface area (Å²) in [6.07, 6.45) is 0.633. The Balaban J connectivity index is 0.00000264. The van der Waals surface area contributed by atoms with E-state index < -0.39 is 9.84 Å². The number of carbonyl (C=O) groups is 1. The second-order valence-electron chi connectivity index (χ2n) is 5.52. The molecule has 1 unspecified atom stereocenters. The summed E-state index contributed by atoms with van der Waals surface area (Å²) < 4.78 is 25.3. The summed E-state index contributed by atoms with van der Waals surface area (Å²) in [6.45, 7) is 4.29. The maximum atomic E-state index is 12.2. The molecule has 1 heterocycles. The molecule has 0 aromatic heterocycles. The van der Waals surface area contributed by atoms with Crippen molar-refractivity contribution in [2.24, 2.45) is 0 Å². The van der Waals surface area contributed by atoms with E-state index in [0.29, 0.717) is 17.9 Å². The van der Waals surface area contributed by atoms with Crippen LogP contribution < -0.4 is 5.32 Å². The molecule has 1 aliphatic rings. The molecule has 1 aromatic rings. The van der Waals surface area contributed by atoms with E-state index in [2.05, 4.69) is 21.2 Å². The number of hydrogen-bond donors (Lipinski definition) is 1. The normalized spacial score (nSPS) is 18.3. The lowest BCUT2D eigenvalue weighted by Crippen LogP contribution is -2.52. The number of nitrogens with zero attached hydrogens (tertiary/aromatic N) is 1. The molecule has 1 atom stereocenters. The Hall–Kier alpha value is -0.630. The second-order valence-corrected chi connectivity index (χ2v) is 8.54. The number of piperazine rings is 1. The van der Waals surface area contributed by atoms with Crippen molar-refractivity contribution in [1.29, 1.82) is 0 Å². The fraction of sp³-hybridized carbons (Fsp3) is 0.533. The molecule has 5 nitrogen and oxygen atoms in total. The molecule has 0 bridgehead atoms. The molecule has 8 heteroatoms. The molecule has 2 rings (SSSR count). The van der Waals surface area contributed by atoms with Crippen LogP contribution in [0.15, 0.2) is 33.6 Å². The fourth-order valence-electron chi connectivity index (χ4n) is 2.53. The van der Waals surface area contributed by atoms with Crippen LogP contribution in [0.3, 0.4) is 0 Å². The summed E-state index contributed by atoms with van der Waals surface area (Å²) >= 11 is 3.28. The first-order valence-corrected chi connectivity index (χ1v) is 9.83. The predicted octanol–water partition coefficient (Wildman–Crippen LogP) is 2.25. The van der Waals surface area contributed by atoms with Gasteiger partial charge in [-0.1, -0.05) is 15.9 Å². The van der Waals surface area contributed by atoms with Gasteiger partial charge in [0, 0.05) is 36.6 Å². The quantitative estimate of drug-likeness (QED) is 0.786. The molecule has 1 aromatic carbocycles. The van der Waals surface area contributed by atoms with Gasteiger partial charge in [0.05, 0.1) is 10.6 Å². The van der Waals surface area contributed by atoms with Crippen LogP contribution in [-0.2, 0) is 14.6 Å². The SMILES string of the molecule is CC1CNCCN1C(=O)CCCS(=O)(=O)c1ccc(Br)cc1.Cl. The molecular weight excluding hydrogens is 404 g/mol. The van der Waals surface area contributed by atoms with Gasteiger partial charge < -0.3 is 10.2 Å². The van der Waals surface area contributed by atoms with Crippen LogP contribution in [0.5, 0.6) is 0 Å². The van der Waals surface area contributed by atoms with Gasteiger partial charge >= 0.3 is 0 Å². The second kappa shape index (κ2) is 9.01. The zero-order chi connectivity index (χ0) is 16.2. The third-order valence-corrected chi connectivity index (χ3v) is 6.14. The molecule has 1 saturated heterocycles. The van der Waals surface area contributed by atoms with Crippen LogP contribution in [0.4, 0.5) is 0 Å². The molecule has 0 aliphatic carbocycles. The Labute approximate surface area is 152 Å². The van der Waals surface area contributed by atoms with E-state index in [1.54, 1.807) is 24.3 Å². The standard InChI is InChI=1S/C15H21BrN2O3S.ClH/c1-12-11-17-8-9-18(12)15(19)3-2-10-22(20,21)14-6-4-13(16)5-7-14;/h4-7,12,17H,2-3,8-11H2,1H3;1H. The highest BCUT2D eigenvalue weighted by molar-refractivity contribution is 9.10. The minimum atomic E-state index is -3.32. The van der Waals surface area contributed by atoms with E-state index in [0.717, 1.165) is 17.6 Å². The minimum Gasteiger partial charge on any atom is -0.337 e. The highest BCUT2D eigenvalue weighted by Gasteiger charge is 2.23. The number of sulfone groups is 1. The van der Waals surface area contributed by atoms with Gasteiger partial charge in [0.15, 0.2) is 9.84 Å². The van der Waals surface area contributed by atoms with Crippen molar-refractivity contribution in [3.8, 4) is 0 Å².